The third-order valence-corrected chi connectivity index (χ3v) is 5.56. The highest BCUT2D eigenvalue weighted by Gasteiger charge is 2.36. The normalized spacial score (nSPS) is 13.6. The number of carbonyl (C=O) groups is 2. The molecule has 152 valence electrons. The fourth-order valence-corrected chi connectivity index (χ4v) is 4.29. The van der Waals surface area contributed by atoms with Crippen LogP contribution < -0.4 is 0 Å². The third kappa shape index (κ3) is 6.79. The molecule has 0 saturated heterocycles. The van der Waals surface area contributed by atoms with Crippen molar-refractivity contribution < 1.29 is 14.7 Å². The van der Waals surface area contributed by atoms with E-state index in [0.717, 1.165) is 36.0 Å². The number of aliphatic carboxylic acids is 1. The first-order chi connectivity index (χ1) is 12.7. The number of carboxylic acid groups (broad SMARTS) is 1. The number of benzene rings is 1. The number of unbranched alkanes of at least 4 members (excludes halogenated alkanes) is 5. The number of ketones is 1. The lowest BCUT2D eigenvalue weighted by atomic mass is 9.74. The molecular formula is C24H38O3. The molecule has 1 rings (SSSR count). The summed E-state index contributed by atoms with van der Waals surface area (Å²) in [5.74, 6) is -1.92. The van der Waals surface area contributed by atoms with E-state index >= 15 is 0 Å². The molecule has 1 aromatic carbocycles. The number of aryl methyl sites for hydroxylation is 3. The van der Waals surface area contributed by atoms with Gasteiger partial charge in [-0.3, -0.25) is 9.59 Å². The van der Waals surface area contributed by atoms with Gasteiger partial charge in [-0.25, -0.2) is 0 Å². The maximum atomic E-state index is 13.4. The molecule has 0 spiro atoms. The number of hydrogen-bond donors (Lipinski definition) is 1. The second-order valence-electron chi connectivity index (χ2n) is 8.41. The van der Waals surface area contributed by atoms with E-state index in [1.807, 2.05) is 46.8 Å². The lowest BCUT2D eigenvalue weighted by molar-refractivity contribution is -0.144. The van der Waals surface area contributed by atoms with Crippen molar-refractivity contribution in [3.05, 3.63) is 34.4 Å². The van der Waals surface area contributed by atoms with E-state index < -0.39 is 17.8 Å². The summed E-state index contributed by atoms with van der Waals surface area (Å²) < 4.78 is 0. The molecule has 1 aromatic rings. The molecule has 1 N–H and O–H groups in total. The molecule has 3 nitrogen and oxygen atoms in total. The van der Waals surface area contributed by atoms with Crippen molar-refractivity contribution in [1.29, 1.82) is 0 Å². The minimum Gasteiger partial charge on any atom is -0.481 e. The van der Waals surface area contributed by atoms with Gasteiger partial charge in [-0.1, -0.05) is 77.0 Å². The van der Waals surface area contributed by atoms with Gasteiger partial charge in [0, 0.05) is 11.5 Å². The van der Waals surface area contributed by atoms with Crippen LogP contribution in [-0.2, 0) is 4.79 Å². The van der Waals surface area contributed by atoms with Gasteiger partial charge in [0.25, 0.3) is 0 Å². The minimum atomic E-state index is -0.835. The fraction of sp³-hybridized carbons (Fsp3) is 0.667. The number of hydrogen-bond acceptors (Lipinski definition) is 2. The molecule has 0 heterocycles. The Morgan fingerprint density at radius 3 is 1.93 bits per heavy atom. The highest BCUT2D eigenvalue weighted by atomic mass is 16.4. The van der Waals surface area contributed by atoms with E-state index in [0.29, 0.717) is 12.0 Å². The molecule has 0 radical (unpaired) electrons. The molecule has 0 aliphatic carbocycles. The quantitative estimate of drug-likeness (QED) is 0.335. The van der Waals surface area contributed by atoms with Gasteiger partial charge in [0.2, 0.25) is 0 Å². The monoisotopic (exact) mass is 374 g/mol. The van der Waals surface area contributed by atoms with Crippen LogP contribution in [0.4, 0.5) is 0 Å². The van der Waals surface area contributed by atoms with E-state index in [-0.39, 0.29) is 11.7 Å². The van der Waals surface area contributed by atoms with Crippen molar-refractivity contribution in [2.24, 2.45) is 17.8 Å². The van der Waals surface area contributed by atoms with E-state index in [1.165, 1.54) is 19.3 Å². The second-order valence-corrected chi connectivity index (χ2v) is 8.41. The first-order valence-electron chi connectivity index (χ1n) is 10.6. The Morgan fingerprint density at radius 1 is 0.926 bits per heavy atom. The van der Waals surface area contributed by atoms with Crippen LogP contribution >= 0.6 is 0 Å². The maximum absolute atomic E-state index is 13.4. The summed E-state index contributed by atoms with van der Waals surface area (Å²) in [6, 6.07) is 4.03. The average molecular weight is 375 g/mol. The lowest BCUT2D eigenvalue weighted by Gasteiger charge is -2.27. The van der Waals surface area contributed by atoms with Gasteiger partial charge >= 0.3 is 5.97 Å². The molecule has 0 fully saturated rings. The van der Waals surface area contributed by atoms with E-state index in [9.17, 15) is 14.7 Å². The number of rotatable bonds is 12. The zero-order valence-electron chi connectivity index (χ0n) is 18.1. The highest BCUT2D eigenvalue weighted by molar-refractivity contribution is 6.02. The summed E-state index contributed by atoms with van der Waals surface area (Å²) in [4.78, 5) is 25.4. The third-order valence-electron chi connectivity index (χ3n) is 5.56. The molecule has 0 saturated carbocycles. The van der Waals surface area contributed by atoms with E-state index in [4.69, 9.17) is 0 Å². The Labute approximate surface area is 165 Å². The van der Waals surface area contributed by atoms with Gasteiger partial charge < -0.3 is 5.11 Å². The van der Waals surface area contributed by atoms with Crippen molar-refractivity contribution >= 4 is 11.8 Å². The van der Waals surface area contributed by atoms with Gasteiger partial charge in [0.15, 0.2) is 5.78 Å². The van der Waals surface area contributed by atoms with Crippen LogP contribution in [0.1, 0.15) is 92.8 Å². The first-order valence-corrected chi connectivity index (χ1v) is 10.6. The fourth-order valence-electron chi connectivity index (χ4n) is 4.29. The van der Waals surface area contributed by atoms with Gasteiger partial charge in [0.1, 0.15) is 0 Å². The Kier molecular flexibility index (Phi) is 9.76. The average Bonchev–Trinajstić information content (AvgIpc) is 2.55. The Hall–Kier alpha value is -1.64. The Balaban J connectivity index is 2.99. The maximum Gasteiger partial charge on any atom is 0.307 e. The number of carbonyl (C=O) groups excluding carboxylic acids is 1. The Bertz CT molecular complexity index is 608. The molecule has 0 aliphatic rings. The van der Waals surface area contributed by atoms with Gasteiger partial charge in [0.05, 0.1) is 5.92 Å². The van der Waals surface area contributed by atoms with Crippen molar-refractivity contribution in [2.75, 3.05) is 0 Å². The van der Waals surface area contributed by atoms with Gasteiger partial charge in [-0.2, -0.15) is 0 Å². The molecule has 0 bridgehead atoms. The van der Waals surface area contributed by atoms with Crippen LogP contribution in [-0.4, -0.2) is 16.9 Å². The summed E-state index contributed by atoms with van der Waals surface area (Å²) in [5, 5.41) is 9.86. The van der Waals surface area contributed by atoms with E-state index in [1.54, 1.807) is 0 Å². The van der Waals surface area contributed by atoms with Crippen LogP contribution in [0.5, 0.6) is 0 Å². The molecule has 2 unspecified atom stereocenters. The summed E-state index contributed by atoms with van der Waals surface area (Å²) in [6.07, 6.45) is 7.31. The molecule has 2 atom stereocenters. The van der Waals surface area contributed by atoms with Crippen molar-refractivity contribution in [2.45, 2.75) is 86.5 Å². The number of carboxylic acids is 1. The van der Waals surface area contributed by atoms with Crippen LogP contribution in [0.3, 0.4) is 0 Å². The molecular weight excluding hydrogens is 336 g/mol. The summed E-state index contributed by atoms with van der Waals surface area (Å²) in [5.41, 5.74) is 3.75. The molecule has 27 heavy (non-hydrogen) atoms. The number of Topliss-reactive ketones (excluding diaryl/α,β-unsaturated/α-hetero) is 1. The largest absolute Gasteiger partial charge is 0.481 e. The van der Waals surface area contributed by atoms with Crippen LogP contribution in [0.15, 0.2) is 12.1 Å². The smallest absolute Gasteiger partial charge is 0.307 e. The van der Waals surface area contributed by atoms with Gasteiger partial charge in [-0.15, -0.1) is 0 Å². The van der Waals surface area contributed by atoms with E-state index in [2.05, 4.69) is 6.92 Å². The van der Waals surface area contributed by atoms with Gasteiger partial charge in [-0.05, 0) is 44.2 Å². The van der Waals surface area contributed by atoms with Crippen molar-refractivity contribution in [3.8, 4) is 0 Å². The summed E-state index contributed by atoms with van der Waals surface area (Å²) in [7, 11) is 0. The standard InChI is InChI=1S/C24H38O3/c1-7-8-9-10-11-12-13-20(24(26)27)21(16(2)3)23(25)22-18(5)14-17(4)15-19(22)6/h14-16,20-21H,7-13H2,1-6H3,(H,26,27). The summed E-state index contributed by atoms with van der Waals surface area (Å²) >= 11 is 0. The molecule has 3 heteroatoms. The molecule has 0 aromatic heterocycles. The van der Waals surface area contributed by atoms with Crippen LogP contribution in [0, 0.1) is 38.5 Å². The summed E-state index contributed by atoms with van der Waals surface area (Å²) in [6.45, 7) is 12.1. The predicted octanol–water partition coefficient (Wildman–Crippen LogP) is 6.52. The van der Waals surface area contributed by atoms with Crippen LogP contribution in [0.2, 0.25) is 0 Å². The van der Waals surface area contributed by atoms with Crippen LogP contribution in [0.25, 0.3) is 0 Å². The zero-order valence-corrected chi connectivity index (χ0v) is 18.1. The van der Waals surface area contributed by atoms with Crippen molar-refractivity contribution in [1.82, 2.24) is 0 Å². The Morgan fingerprint density at radius 2 is 1.44 bits per heavy atom. The topological polar surface area (TPSA) is 54.4 Å². The van der Waals surface area contributed by atoms with Crippen molar-refractivity contribution in [3.63, 3.8) is 0 Å². The minimum absolute atomic E-state index is 0.00112. The highest BCUT2D eigenvalue weighted by Crippen LogP contribution is 2.32. The second kappa shape index (κ2) is 11.3. The first kappa shape index (κ1) is 23.4. The molecule has 0 amide bonds. The SMILES string of the molecule is CCCCCCCCC(C(=O)O)C(C(=O)c1c(C)cc(C)cc1C)C(C)C. The molecule has 0 aliphatic heterocycles. The zero-order chi connectivity index (χ0) is 20.6. The predicted molar refractivity (Wildman–Crippen MR) is 112 cm³/mol. The lowest BCUT2D eigenvalue weighted by Crippen LogP contribution is -2.34.